The highest BCUT2D eigenvalue weighted by Crippen LogP contribution is 2.32. The minimum atomic E-state index is -2.63. The molecule has 3 nitrogen and oxygen atoms in total. The summed E-state index contributed by atoms with van der Waals surface area (Å²) in [5, 5.41) is 2.70. The highest BCUT2D eigenvalue weighted by atomic mass is 19.3. The van der Waals surface area contributed by atoms with E-state index in [9.17, 15) is 13.6 Å². The number of hydrogen-bond acceptors (Lipinski definition) is 1. The minimum Gasteiger partial charge on any atom is -0.336 e. The van der Waals surface area contributed by atoms with Crippen molar-refractivity contribution in [1.29, 1.82) is 0 Å². The lowest BCUT2D eigenvalue weighted by atomic mass is 9.96. The van der Waals surface area contributed by atoms with Crippen molar-refractivity contribution < 1.29 is 13.6 Å². The Bertz CT molecular complexity index is 244. The molecule has 15 heavy (non-hydrogen) atoms. The lowest BCUT2D eigenvalue weighted by Crippen LogP contribution is -2.52. The van der Waals surface area contributed by atoms with Gasteiger partial charge in [0, 0.05) is 31.5 Å². The molecule has 1 unspecified atom stereocenters. The van der Waals surface area contributed by atoms with Crippen molar-refractivity contribution in [2.45, 2.75) is 39.2 Å². The summed E-state index contributed by atoms with van der Waals surface area (Å²) in [7, 11) is 0. The zero-order valence-electron chi connectivity index (χ0n) is 9.39. The number of amides is 2. The van der Waals surface area contributed by atoms with Gasteiger partial charge in [-0.2, -0.15) is 0 Å². The second-order valence-corrected chi connectivity index (χ2v) is 4.46. The molecule has 1 aliphatic heterocycles. The van der Waals surface area contributed by atoms with Crippen LogP contribution in [-0.4, -0.2) is 36.0 Å². The monoisotopic (exact) mass is 220 g/mol. The number of rotatable bonds is 1. The van der Waals surface area contributed by atoms with E-state index in [2.05, 4.69) is 5.32 Å². The number of piperidine rings is 1. The van der Waals surface area contributed by atoms with Gasteiger partial charge in [-0.15, -0.1) is 0 Å². The molecular weight excluding hydrogens is 202 g/mol. The molecule has 1 rings (SSSR count). The number of halogens is 2. The lowest BCUT2D eigenvalue weighted by molar-refractivity contribution is -0.0907. The van der Waals surface area contributed by atoms with Crippen LogP contribution in [0.3, 0.4) is 0 Å². The molecule has 1 N–H and O–H groups in total. The molecule has 0 radical (unpaired) electrons. The van der Waals surface area contributed by atoms with Crippen LogP contribution in [0.2, 0.25) is 0 Å². The van der Waals surface area contributed by atoms with Crippen LogP contribution in [-0.2, 0) is 0 Å². The molecule has 0 aromatic carbocycles. The Hall–Kier alpha value is -0.870. The molecule has 5 heteroatoms. The lowest BCUT2D eigenvalue weighted by Gasteiger charge is -2.36. The maximum absolute atomic E-state index is 13.1. The van der Waals surface area contributed by atoms with E-state index in [0.717, 1.165) is 0 Å². The minimum absolute atomic E-state index is 0.0373. The fourth-order valence-electron chi connectivity index (χ4n) is 1.61. The van der Waals surface area contributed by atoms with E-state index < -0.39 is 11.8 Å². The van der Waals surface area contributed by atoms with Crippen LogP contribution in [0.4, 0.5) is 13.6 Å². The Kier molecular flexibility index (Phi) is 3.52. The van der Waals surface area contributed by atoms with Gasteiger partial charge in [0.15, 0.2) is 0 Å². The number of nitrogens with one attached hydrogen (secondary N) is 1. The topological polar surface area (TPSA) is 32.3 Å². The van der Waals surface area contributed by atoms with Crippen LogP contribution >= 0.6 is 0 Å². The summed E-state index contributed by atoms with van der Waals surface area (Å²) in [5.74, 6) is -3.39. The third kappa shape index (κ3) is 3.04. The van der Waals surface area contributed by atoms with Gasteiger partial charge in [0.25, 0.3) is 5.92 Å². The Morgan fingerprint density at radius 1 is 1.53 bits per heavy atom. The van der Waals surface area contributed by atoms with Crippen molar-refractivity contribution in [2.75, 3.05) is 13.1 Å². The van der Waals surface area contributed by atoms with E-state index in [1.165, 1.54) is 11.8 Å². The first-order valence-electron chi connectivity index (χ1n) is 5.26. The third-order valence-corrected chi connectivity index (χ3v) is 2.63. The van der Waals surface area contributed by atoms with Crippen molar-refractivity contribution in [3.05, 3.63) is 0 Å². The van der Waals surface area contributed by atoms with Gasteiger partial charge in [-0.1, -0.05) is 6.92 Å². The van der Waals surface area contributed by atoms with Gasteiger partial charge >= 0.3 is 6.03 Å². The molecule has 88 valence electrons. The fourth-order valence-corrected chi connectivity index (χ4v) is 1.61. The van der Waals surface area contributed by atoms with E-state index in [4.69, 9.17) is 0 Å². The predicted molar refractivity (Wildman–Crippen MR) is 54.0 cm³/mol. The normalized spacial score (nSPS) is 25.5. The quantitative estimate of drug-likeness (QED) is 0.721. The zero-order valence-corrected chi connectivity index (χ0v) is 9.39. The molecule has 0 aliphatic carbocycles. The van der Waals surface area contributed by atoms with Crippen LogP contribution in [0, 0.1) is 5.92 Å². The summed E-state index contributed by atoms with van der Waals surface area (Å²) in [5.41, 5.74) is 0. The number of likely N-dealkylation sites (tertiary alicyclic amines) is 1. The van der Waals surface area contributed by atoms with Gasteiger partial charge in [0.05, 0.1) is 0 Å². The number of carbonyl (C=O) groups is 1. The van der Waals surface area contributed by atoms with Crippen molar-refractivity contribution in [1.82, 2.24) is 10.2 Å². The largest absolute Gasteiger partial charge is 0.336 e. The first-order chi connectivity index (χ1) is 6.83. The number of nitrogens with zero attached hydrogens (tertiary/aromatic N) is 1. The molecule has 0 aromatic rings. The first-order valence-corrected chi connectivity index (χ1v) is 5.26. The van der Waals surface area contributed by atoms with Gasteiger partial charge in [-0.05, 0) is 13.8 Å². The average molecular weight is 220 g/mol. The standard InChI is InChI=1S/C10H18F2N2O/c1-7(2)13-9(15)14-5-4-10(11,12)8(3)6-14/h7-8H,4-6H2,1-3H3,(H,13,15). The molecule has 0 aromatic heterocycles. The van der Waals surface area contributed by atoms with E-state index >= 15 is 0 Å². The van der Waals surface area contributed by atoms with Crippen LogP contribution in [0.5, 0.6) is 0 Å². The van der Waals surface area contributed by atoms with Gasteiger partial charge in [0.1, 0.15) is 0 Å². The maximum Gasteiger partial charge on any atom is 0.317 e. The molecule has 2 amide bonds. The average Bonchev–Trinajstić information content (AvgIpc) is 2.08. The maximum atomic E-state index is 13.1. The van der Waals surface area contributed by atoms with Gasteiger partial charge in [0.2, 0.25) is 0 Å². The summed E-state index contributed by atoms with van der Waals surface area (Å²) >= 11 is 0. The highest BCUT2D eigenvalue weighted by molar-refractivity contribution is 5.74. The smallest absolute Gasteiger partial charge is 0.317 e. The molecular formula is C10H18F2N2O. The Balaban J connectivity index is 2.51. The van der Waals surface area contributed by atoms with Gasteiger partial charge in [-0.25, -0.2) is 13.6 Å². The Labute approximate surface area is 88.8 Å². The summed E-state index contributed by atoms with van der Waals surface area (Å²) < 4.78 is 26.3. The molecule has 0 spiro atoms. The Morgan fingerprint density at radius 3 is 2.60 bits per heavy atom. The SMILES string of the molecule is CC(C)NC(=O)N1CCC(F)(F)C(C)C1. The molecule has 0 saturated carbocycles. The number of carbonyl (C=O) groups excluding carboxylic acids is 1. The van der Waals surface area contributed by atoms with E-state index in [1.54, 1.807) is 0 Å². The third-order valence-electron chi connectivity index (χ3n) is 2.63. The van der Waals surface area contributed by atoms with Crippen LogP contribution in [0.1, 0.15) is 27.2 Å². The second kappa shape index (κ2) is 4.33. The summed E-state index contributed by atoms with van der Waals surface area (Å²) in [6.45, 7) is 5.44. The number of urea groups is 1. The molecule has 1 fully saturated rings. The summed E-state index contributed by atoms with van der Waals surface area (Å²) in [4.78, 5) is 13.0. The number of hydrogen-bond donors (Lipinski definition) is 1. The predicted octanol–water partition coefficient (Wildman–Crippen LogP) is 2.08. The van der Waals surface area contributed by atoms with Gasteiger partial charge < -0.3 is 10.2 Å². The zero-order chi connectivity index (χ0) is 11.6. The molecule has 1 heterocycles. The first kappa shape index (κ1) is 12.2. The van der Waals surface area contributed by atoms with Gasteiger partial charge in [-0.3, -0.25) is 0 Å². The highest BCUT2D eigenvalue weighted by Gasteiger charge is 2.42. The molecule has 0 bridgehead atoms. The Morgan fingerprint density at radius 2 is 2.13 bits per heavy atom. The van der Waals surface area contributed by atoms with Crippen LogP contribution < -0.4 is 5.32 Å². The second-order valence-electron chi connectivity index (χ2n) is 4.46. The van der Waals surface area contributed by atoms with Crippen molar-refractivity contribution in [3.63, 3.8) is 0 Å². The van der Waals surface area contributed by atoms with E-state index in [1.807, 2.05) is 13.8 Å². The van der Waals surface area contributed by atoms with Crippen LogP contribution in [0.15, 0.2) is 0 Å². The van der Waals surface area contributed by atoms with E-state index in [-0.39, 0.29) is 31.6 Å². The number of alkyl halides is 2. The molecule has 1 saturated heterocycles. The summed E-state index contributed by atoms with van der Waals surface area (Å²) in [6, 6.07) is -0.206. The van der Waals surface area contributed by atoms with Crippen molar-refractivity contribution in [2.24, 2.45) is 5.92 Å². The van der Waals surface area contributed by atoms with E-state index in [0.29, 0.717) is 0 Å². The molecule has 1 atom stereocenters. The molecule has 1 aliphatic rings. The van der Waals surface area contributed by atoms with Crippen molar-refractivity contribution >= 4 is 6.03 Å². The fraction of sp³-hybridized carbons (Fsp3) is 0.900. The van der Waals surface area contributed by atoms with Crippen molar-refractivity contribution in [3.8, 4) is 0 Å². The van der Waals surface area contributed by atoms with Crippen LogP contribution in [0.25, 0.3) is 0 Å². The summed E-state index contributed by atoms with van der Waals surface area (Å²) in [6.07, 6.45) is -0.236.